The molecule has 166 valence electrons. The molecule has 1 aliphatic rings. The predicted molar refractivity (Wildman–Crippen MR) is 142 cm³/mol. The van der Waals surface area contributed by atoms with Crippen LogP contribution in [0.2, 0.25) is 6.55 Å². The van der Waals surface area contributed by atoms with Crippen LogP contribution in [-0.2, 0) is 25.7 Å². The zero-order valence-corrected chi connectivity index (χ0v) is 22.4. The first-order valence-corrected chi connectivity index (χ1v) is 14.9. The Morgan fingerprint density at radius 2 is 0.968 bits per heavy atom. The van der Waals surface area contributed by atoms with E-state index in [2.05, 4.69) is 98.3 Å². The van der Waals surface area contributed by atoms with Gasteiger partial charge in [-0.15, -0.1) is 0 Å². The molecule has 0 aliphatic heterocycles. The summed E-state index contributed by atoms with van der Waals surface area (Å²) in [6.45, 7) is 21.3. The second kappa shape index (κ2) is 9.33. The Bertz CT molecular complexity index is 934. The van der Waals surface area contributed by atoms with Crippen LogP contribution in [0.25, 0.3) is 0 Å². The van der Waals surface area contributed by atoms with E-state index in [0.29, 0.717) is 5.92 Å². The van der Waals surface area contributed by atoms with Crippen LogP contribution in [0, 0.1) is 5.92 Å². The molecule has 2 aromatic carbocycles. The van der Waals surface area contributed by atoms with Crippen molar-refractivity contribution in [1.29, 1.82) is 0 Å². The summed E-state index contributed by atoms with van der Waals surface area (Å²) >= 11 is 0. The second-order valence-electron chi connectivity index (χ2n) is 9.68. The third-order valence-electron chi connectivity index (χ3n) is 8.07. The molecule has 1 unspecified atom stereocenters. The molecule has 1 heteroatoms. The molecule has 31 heavy (non-hydrogen) atoms. The van der Waals surface area contributed by atoms with Gasteiger partial charge in [-0.25, -0.2) is 0 Å². The summed E-state index contributed by atoms with van der Waals surface area (Å²) in [6.07, 6.45) is 4.41. The van der Waals surface area contributed by atoms with Crippen molar-refractivity contribution in [2.45, 2.75) is 87.6 Å². The van der Waals surface area contributed by atoms with Gasteiger partial charge in [0.05, 0.1) is 0 Å². The van der Waals surface area contributed by atoms with Gasteiger partial charge in [0.25, 0.3) is 0 Å². The molecule has 1 aliphatic carbocycles. The fourth-order valence-electron chi connectivity index (χ4n) is 5.57. The lowest BCUT2D eigenvalue weighted by Gasteiger charge is -2.36. The lowest BCUT2D eigenvalue weighted by Crippen LogP contribution is -2.59. The van der Waals surface area contributed by atoms with E-state index in [1.807, 2.05) is 0 Å². The summed E-state index contributed by atoms with van der Waals surface area (Å²) in [5.74, 6) is 0.530. The lowest BCUT2D eigenvalue weighted by atomic mass is 10.1. The summed E-state index contributed by atoms with van der Waals surface area (Å²) < 4.78 is 0. The highest BCUT2D eigenvalue weighted by molar-refractivity contribution is 7.06. The van der Waals surface area contributed by atoms with E-state index >= 15 is 0 Å². The van der Waals surface area contributed by atoms with Gasteiger partial charge < -0.3 is 0 Å². The van der Waals surface area contributed by atoms with Crippen LogP contribution in [0.4, 0.5) is 0 Å². The Hall–Kier alpha value is -1.86. The number of benzene rings is 2. The highest BCUT2D eigenvalue weighted by atomic mass is 28.3. The third kappa shape index (κ3) is 4.14. The molecule has 3 rings (SSSR count). The van der Waals surface area contributed by atoms with E-state index in [1.54, 1.807) is 26.7 Å². The summed E-state index contributed by atoms with van der Waals surface area (Å²) in [7, 11) is -2.13. The van der Waals surface area contributed by atoms with Gasteiger partial charge in [-0.1, -0.05) is 93.9 Å². The van der Waals surface area contributed by atoms with Crippen molar-refractivity contribution < 1.29 is 0 Å². The number of allylic oxidation sites excluding steroid dienone is 4. The topological polar surface area (TPSA) is 0 Å². The average Bonchev–Trinajstić information content (AvgIpc) is 3.00. The lowest BCUT2D eigenvalue weighted by molar-refractivity contribution is 0.850. The molecule has 0 spiro atoms. The van der Waals surface area contributed by atoms with E-state index in [1.165, 1.54) is 27.8 Å². The first-order valence-electron chi connectivity index (χ1n) is 12.4. The van der Waals surface area contributed by atoms with E-state index in [4.69, 9.17) is 0 Å². The average molecular weight is 431 g/mol. The quantitative estimate of drug-likeness (QED) is 0.416. The molecule has 0 aromatic heterocycles. The van der Waals surface area contributed by atoms with Gasteiger partial charge in [-0.2, -0.15) is 0 Å². The Labute approximate surface area is 192 Å². The van der Waals surface area contributed by atoms with Crippen molar-refractivity contribution in [3.63, 3.8) is 0 Å². The van der Waals surface area contributed by atoms with Gasteiger partial charge in [0.1, 0.15) is 8.07 Å². The Kier molecular flexibility index (Phi) is 7.16. The monoisotopic (exact) mass is 430 g/mol. The fraction of sp³-hybridized carbons (Fsp3) is 0.467. The molecular weight excluding hydrogens is 388 g/mol. The van der Waals surface area contributed by atoms with Crippen LogP contribution in [0.5, 0.6) is 0 Å². The molecular formula is C30H42Si. The SMILES string of the molecule is CCc1cc(CC)cc([Si](C)(C2=C(C)C(C)=C(C)C2C)c2cc(CC)cc(CC)c2)c1. The predicted octanol–water partition coefficient (Wildman–Crippen LogP) is 6.97. The van der Waals surface area contributed by atoms with E-state index < -0.39 is 8.07 Å². The largest absolute Gasteiger partial charge is 0.142 e. The Morgan fingerprint density at radius 1 is 0.613 bits per heavy atom. The molecule has 0 amide bonds. The third-order valence-corrected chi connectivity index (χ3v) is 12.8. The van der Waals surface area contributed by atoms with Crippen molar-refractivity contribution in [3.8, 4) is 0 Å². The second-order valence-corrected chi connectivity index (χ2v) is 13.6. The maximum absolute atomic E-state index is 2.64. The van der Waals surface area contributed by atoms with Gasteiger partial charge in [-0.05, 0) is 90.6 Å². The van der Waals surface area contributed by atoms with Crippen LogP contribution in [0.3, 0.4) is 0 Å². The van der Waals surface area contributed by atoms with Crippen LogP contribution < -0.4 is 10.4 Å². The van der Waals surface area contributed by atoms with Gasteiger partial charge in [0.15, 0.2) is 0 Å². The molecule has 0 radical (unpaired) electrons. The van der Waals surface area contributed by atoms with Crippen LogP contribution in [0.1, 0.15) is 77.6 Å². The van der Waals surface area contributed by atoms with Gasteiger partial charge >= 0.3 is 0 Å². The molecule has 0 bridgehead atoms. The highest BCUT2D eigenvalue weighted by Gasteiger charge is 2.43. The number of rotatable bonds is 7. The van der Waals surface area contributed by atoms with Crippen molar-refractivity contribution in [1.82, 2.24) is 0 Å². The highest BCUT2D eigenvalue weighted by Crippen LogP contribution is 2.41. The van der Waals surface area contributed by atoms with Crippen LogP contribution >= 0.6 is 0 Å². The first kappa shape index (κ1) is 23.8. The maximum atomic E-state index is 2.64. The minimum Gasteiger partial charge on any atom is -0.0636 e. The van der Waals surface area contributed by atoms with Gasteiger partial charge in [0.2, 0.25) is 0 Å². The van der Waals surface area contributed by atoms with Crippen molar-refractivity contribution in [3.05, 3.63) is 80.6 Å². The molecule has 0 heterocycles. The minimum atomic E-state index is -2.13. The number of hydrogen-bond acceptors (Lipinski definition) is 0. The zero-order chi connectivity index (χ0) is 22.9. The van der Waals surface area contributed by atoms with Crippen molar-refractivity contribution in [2.75, 3.05) is 0 Å². The summed E-state index contributed by atoms with van der Waals surface area (Å²) in [4.78, 5) is 0. The summed E-state index contributed by atoms with van der Waals surface area (Å²) in [6, 6.07) is 15.0. The summed E-state index contributed by atoms with van der Waals surface area (Å²) in [5.41, 5.74) is 10.6. The first-order chi connectivity index (χ1) is 14.7. The van der Waals surface area contributed by atoms with Crippen LogP contribution in [-0.4, -0.2) is 8.07 Å². The maximum Gasteiger partial charge on any atom is 0.142 e. The molecule has 2 aromatic rings. The van der Waals surface area contributed by atoms with Crippen molar-refractivity contribution >= 4 is 18.4 Å². The van der Waals surface area contributed by atoms with Gasteiger partial charge in [0, 0.05) is 0 Å². The molecule has 0 fully saturated rings. The molecule has 0 N–H and O–H groups in total. The number of aryl methyl sites for hydroxylation is 4. The molecule has 0 saturated heterocycles. The molecule has 0 nitrogen and oxygen atoms in total. The molecule has 0 saturated carbocycles. The smallest absolute Gasteiger partial charge is 0.0636 e. The Morgan fingerprint density at radius 3 is 1.23 bits per heavy atom. The zero-order valence-electron chi connectivity index (χ0n) is 21.4. The van der Waals surface area contributed by atoms with E-state index in [0.717, 1.165) is 25.7 Å². The Balaban J connectivity index is 2.40. The summed E-state index contributed by atoms with van der Waals surface area (Å²) in [5, 5.41) is 4.93. The van der Waals surface area contributed by atoms with Crippen LogP contribution in [0.15, 0.2) is 58.3 Å². The van der Waals surface area contributed by atoms with E-state index in [9.17, 15) is 0 Å². The normalized spacial score (nSPS) is 17.1. The fourth-order valence-corrected chi connectivity index (χ4v) is 10.4. The standard InChI is InChI=1S/C30H42Si/c1-10-24-14-25(11-2)17-28(16-24)31(9,30-22(7)20(5)21(6)23(30)8)29-18-26(12-3)15-27(13-4)19-29/h14-19,22H,10-13H2,1-9H3. The molecule has 1 atom stereocenters. The van der Waals surface area contributed by atoms with Gasteiger partial charge in [-0.3, -0.25) is 0 Å². The van der Waals surface area contributed by atoms with E-state index in [-0.39, 0.29) is 0 Å². The number of hydrogen-bond donors (Lipinski definition) is 0. The minimum absolute atomic E-state index is 0.530. The van der Waals surface area contributed by atoms with Crippen molar-refractivity contribution in [2.24, 2.45) is 5.92 Å².